The predicted octanol–water partition coefficient (Wildman–Crippen LogP) is 0.631. The normalized spacial score (nSPS) is 13.5. The molecule has 0 saturated heterocycles. The lowest BCUT2D eigenvalue weighted by molar-refractivity contribution is -0.105. The Balaban J connectivity index is 4.26. The Labute approximate surface area is 133 Å². The van der Waals surface area contributed by atoms with Gasteiger partial charge in [0, 0.05) is 6.42 Å². The van der Waals surface area contributed by atoms with Gasteiger partial charge in [-0.25, -0.2) is 8.37 Å². The quantitative estimate of drug-likeness (QED) is 0.277. The molecule has 0 aliphatic rings. The molecule has 10 heteroatoms. The van der Waals surface area contributed by atoms with Gasteiger partial charge in [-0.3, -0.25) is 5.73 Å². The van der Waals surface area contributed by atoms with Gasteiger partial charge in [-0.15, -0.1) is 0 Å². The van der Waals surface area contributed by atoms with Gasteiger partial charge in [0.2, 0.25) is 0 Å². The molecule has 0 aliphatic heterocycles. The summed E-state index contributed by atoms with van der Waals surface area (Å²) in [4.78, 5) is 0. The molecule has 0 atom stereocenters. The molecule has 8 nitrogen and oxygen atoms in total. The molecule has 0 aromatic rings. The molecule has 0 spiro atoms. The average Bonchev–Trinajstić information content (AvgIpc) is 2.27. The first-order valence-corrected chi connectivity index (χ1v) is 10.9. The van der Waals surface area contributed by atoms with Crippen molar-refractivity contribution in [3.63, 3.8) is 0 Å². The maximum absolute atomic E-state index is 11.2. The highest BCUT2D eigenvalue weighted by Crippen LogP contribution is 2.21. The summed E-state index contributed by atoms with van der Waals surface area (Å²) in [5.41, 5.74) is 11.0. The molecule has 0 saturated carbocycles. The summed E-state index contributed by atoms with van der Waals surface area (Å²) in [5, 5.41) is 0. The van der Waals surface area contributed by atoms with Gasteiger partial charge >= 0.3 is 0 Å². The lowest BCUT2D eigenvalue weighted by atomic mass is 10.1. The zero-order valence-electron chi connectivity index (χ0n) is 13.3. The molecule has 0 aromatic carbocycles. The fourth-order valence-corrected chi connectivity index (χ4v) is 3.31. The molecule has 0 bridgehead atoms. The predicted molar refractivity (Wildman–Crippen MR) is 84.8 cm³/mol. The van der Waals surface area contributed by atoms with E-state index in [-0.39, 0.29) is 6.42 Å². The molecule has 0 aromatic heterocycles. The van der Waals surface area contributed by atoms with E-state index in [1.807, 2.05) is 0 Å². The van der Waals surface area contributed by atoms with Gasteiger partial charge in [0.05, 0.1) is 12.5 Å². The van der Waals surface area contributed by atoms with E-state index in [0.29, 0.717) is 13.0 Å². The SMILES string of the molecule is CS(=O)(=O)OC(N)(CCCCCCCCCN)OS(C)(=O)=O. The molecular weight excluding hydrogens is 332 g/mol. The average molecular weight is 360 g/mol. The lowest BCUT2D eigenvalue weighted by Gasteiger charge is -2.26. The summed E-state index contributed by atoms with van der Waals surface area (Å²) in [6, 6.07) is 0. The van der Waals surface area contributed by atoms with Crippen LogP contribution in [0.2, 0.25) is 0 Å². The first-order valence-electron chi connectivity index (χ1n) is 7.28. The summed E-state index contributed by atoms with van der Waals surface area (Å²) >= 11 is 0. The molecule has 0 rings (SSSR count). The van der Waals surface area contributed by atoms with Crippen molar-refractivity contribution in [2.75, 3.05) is 19.1 Å². The summed E-state index contributed by atoms with van der Waals surface area (Å²) < 4.78 is 53.9. The Kier molecular flexibility index (Phi) is 9.67. The second kappa shape index (κ2) is 9.78. The summed E-state index contributed by atoms with van der Waals surface area (Å²) in [6.07, 6.45) is 7.99. The van der Waals surface area contributed by atoms with Crippen LogP contribution in [0.15, 0.2) is 0 Å². The van der Waals surface area contributed by atoms with E-state index in [1.165, 1.54) is 0 Å². The standard InChI is InChI=1S/C12H28N2O6S2/c1-21(15,16)19-12(14,20-22(2,17)18)10-8-6-4-3-5-7-9-11-13/h3-11,13-14H2,1-2H3. The monoisotopic (exact) mass is 360 g/mol. The summed E-state index contributed by atoms with van der Waals surface area (Å²) in [6.45, 7) is 0.696. The van der Waals surface area contributed by atoms with E-state index in [2.05, 4.69) is 8.37 Å². The second-order valence-electron chi connectivity index (χ2n) is 5.40. The third-order valence-electron chi connectivity index (χ3n) is 2.81. The highest BCUT2D eigenvalue weighted by atomic mass is 32.2. The topological polar surface area (TPSA) is 139 Å². The van der Waals surface area contributed by atoms with Gasteiger partial charge in [0.15, 0.2) is 0 Å². The first kappa shape index (κ1) is 21.7. The number of hydrogen-bond donors (Lipinski definition) is 2. The van der Waals surface area contributed by atoms with Crippen molar-refractivity contribution in [3.8, 4) is 0 Å². The fourth-order valence-electron chi connectivity index (χ4n) is 2.01. The van der Waals surface area contributed by atoms with Gasteiger partial charge in [0.25, 0.3) is 26.1 Å². The maximum atomic E-state index is 11.2. The third kappa shape index (κ3) is 13.4. The second-order valence-corrected chi connectivity index (χ2v) is 8.55. The third-order valence-corrected chi connectivity index (χ3v) is 3.98. The van der Waals surface area contributed by atoms with Crippen LogP contribution in [0.5, 0.6) is 0 Å². The lowest BCUT2D eigenvalue weighted by Crippen LogP contribution is -2.48. The van der Waals surface area contributed by atoms with Crippen molar-refractivity contribution in [3.05, 3.63) is 0 Å². The molecule has 0 radical (unpaired) electrons. The minimum atomic E-state index is -3.94. The van der Waals surface area contributed by atoms with Crippen molar-refractivity contribution < 1.29 is 25.2 Å². The van der Waals surface area contributed by atoms with Crippen LogP contribution in [-0.2, 0) is 28.6 Å². The Morgan fingerprint density at radius 3 is 1.50 bits per heavy atom. The van der Waals surface area contributed by atoms with E-state index in [1.54, 1.807) is 0 Å². The highest BCUT2D eigenvalue weighted by molar-refractivity contribution is 7.86. The number of unbranched alkanes of at least 4 members (excludes halogenated alkanes) is 6. The van der Waals surface area contributed by atoms with Gasteiger partial charge in [-0.2, -0.15) is 16.8 Å². The van der Waals surface area contributed by atoms with Gasteiger partial charge in [0.1, 0.15) is 0 Å². The summed E-state index contributed by atoms with van der Waals surface area (Å²) in [7, 11) is -7.88. The summed E-state index contributed by atoms with van der Waals surface area (Å²) in [5.74, 6) is -2.18. The largest absolute Gasteiger partial charge is 0.330 e. The van der Waals surface area contributed by atoms with Crippen LogP contribution in [0.25, 0.3) is 0 Å². The molecule has 4 N–H and O–H groups in total. The van der Waals surface area contributed by atoms with Gasteiger partial charge in [-0.05, 0) is 19.4 Å². The molecule has 22 heavy (non-hydrogen) atoms. The highest BCUT2D eigenvalue weighted by Gasteiger charge is 2.35. The number of rotatable bonds is 13. The van der Waals surface area contributed by atoms with Crippen LogP contribution < -0.4 is 11.5 Å². The Morgan fingerprint density at radius 1 is 0.773 bits per heavy atom. The zero-order valence-corrected chi connectivity index (χ0v) is 14.9. The molecule has 134 valence electrons. The van der Waals surface area contributed by atoms with Gasteiger partial charge < -0.3 is 5.73 Å². The first-order chi connectivity index (χ1) is 9.97. The van der Waals surface area contributed by atoms with Crippen molar-refractivity contribution in [1.82, 2.24) is 0 Å². The van der Waals surface area contributed by atoms with Crippen LogP contribution in [0, 0.1) is 0 Å². The molecule has 0 heterocycles. The van der Waals surface area contributed by atoms with Crippen molar-refractivity contribution in [1.29, 1.82) is 0 Å². The van der Waals surface area contributed by atoms with Gasteiger partial charge in [-0.1, -0.05) is 32.1 Å². The Bertz CT molecular complexity index is 470. The molecule has 0 aliphatic carbocycles. The molecule has 0 unspecified atom stereocenters. The Morgan fingerprint density at radius 2 is 1.14 bits per heavy atom. The van der Waals surface area contributed by atoms with Crippen molar-refractivity contribution in [2.45, 2.75) is 57.3 Å². The van der Waals surface area contributed by atoms with E-state index >= 15 is 0 Å². The van der Waals surface area contributed by atoms with Crippen molar-refractivity contribution in [2.24, 2.45) is 11.5 Å². The minimum absolute atomic E-state index is 0.0318. The fraction of sp³-hybridized carbons (Fsp3) is 1.00. The van der Waals surface area contributed by atoms with E-state index in [4.69, 9.17) is 11.5 Å². The number of hydrogen-bond acceptors (Lipinski definition) is 8. The van der Waals surface area contributed by atoms with E-state index < -0.39 is 26.1 Å². The van der Waals surface area contributed by atoms with Crippen molar-refractivity contribution >= 4 is 20.2 Å². The van der Waals surface area contributed by atoms with Crippen LogP contribution in [0.3, 0.4) is 0 Å². The van der Waals surface area contributed by atoms with Crippen LogP contribution in [0.1, 0.15) is 51.4 Å². The van der Waals surface area contributed by atoms with E-state index in [9.17, 15) is 16.8 Å². The Hall–Kier alpha value is -0.260. The zero-order chi connectivity index (χ0) is 17.3. The van der Waals surface area contributed by atoms with E-state index in [0.717, 1.165) is 51.0 Å². The smallest absolute Gasteiger partial charge is 0.268 e. The molecule has 0 amide bonds. The number of nitrogens with two attached hydrogens (primary N) is 2. The maximum Gasteiger partial charge on any atom is 0.268 e. The van der Waals surface area contributed by atoms with Crippen LogP contribution in [-0.4, -0.2) is 41.8 Å². The minimum Gasteiger partial charge on any atom is -0.330 e. The molecule has 0 fully saturated rings. The van der Waals surface area contributed by atoms with Crippen LogP contribution in [0.4, 0.5) is 0 Å². The van der Waals surface area contributed by atoms with Crippen LogP contribution >= 0.6 is 0 Å². The molecular formula is C12H28N2O6S2.